The van der Waals surface area contributed by atoms with E-state index in [1.54, 1.807) is 24.3 Å². The van der Waals surface area contributed by atoms with Crippen LogP contribution in [0.4, 0.5) is 5.69 Å². The van der Waals surface area contributed by atoms with Gasteiger partial charge in [-0.1, -0.05) is 72.2 Å². The number of hydrogen-bond acceptors (Lipinski definition) is 8. The molecule has 1 saturated carbocycles. The van der Waals surface area contributed by atoms with Gasteiger partial charge in [-0.2, -0.15) is 5.26 Å². The van der Waals surface area contributed by atoms with Gasteiger partial charge in [0, 0.05) is 71.9 Å². The predicted octanol–water partition coefficient (Wildman–Crippen LogP) is 5.83. The first-order valence-corrected chi connectivity index (χ1v) is 19.0. The number of carbonyl (C=O) groups excluding carboxylic acids is 4. The van der Waals surface area contributed by atoms with Crippen molar-refractivity contribution in [1.82, 2.24) is 21.3 Å². The molecule has 2 aromatic carbocycles. The summed E-state index contributed by atoms with van der Waals surface area (Å²) in [5.74, 6) is -0.788. The van der Waals surface area contributed by atoms with Crippen molar-refractivity contribution in [3.63, 3.8) is 0 Å². The SMILES string of the molecule is C=C(/C=C(/CNC1CCN(c2ccc(C(=O)NC3C(C)(C)C(Oc4ccc(C#N)c(Cl)c4)C3(C)C)cc2)CC1)C(C)(C)C)C(=O)NC1CCC(=O)NC1=O. The van der Waals surface area contributed by atoms with Crippen molar-refractivity contribution >= 4 is 40.9 Å². The highest BCUT2D eigenvalue weighted by atomic mass is 35.5. The molecule has 1 unspecified atom stereocenters. The minimum atomic E-state index is -0.750. The second kappa shape index (κ2) is 16.0. The van der Waals surface area contributed by atoms with E-state index in [1.807, 2.05) is 24.3 Å². The molecular weight excluding hydrogens is 704 g/mol. The predicted molar refractivity (Wildman–Crippen MR) is 210 cm³/mol. The summed E-state index contributed by atoms with van der Waals surface area (Å²) in [7, 11) is 0. The zero-order valence-corrected chi connectivity index (χ0v) is 33.2. The Kier molecular flexibility index (Phi) is 12.0. The largest absolute Gasteiger partial charge is 0.489 e. The molecule has 3 aliphatic rings. The number of nitrogens with zero attached hydrogens (tertiary/aromatic N) is 2. The molecule has 2 saturated heterocycles. The first-order chi connectivity index (χ1) is 25.3. The monoisotopic (exact) mass is 756 g/mol. The third-order valence-electron chi connectivity index (χ3n) is 11.1. The minimum absolute atomic E-state index is 0.130. The molecule has 12 heteroatoms. The number of halogens is 1. The molecule has 0 aromatic heterocycles. The van der Waals surface area contributed by atoms with Gasteiger partial charge < -0.3 is 25.6 Å². The van der Waals surface area contributed by atoms with E-state index in [4.69, 9.17) is 16.3 Å². The Labute approximate surface area is 323 Å². The number of benzene rings is 2. The van der Waals surface area contributed by atoms with Crippen molar-refractivity contribution in [2.75, 3.05) is 24.5 Å². The van der Waals surface area contributed by atoms with E-state index in [-0.39, 0.29) is 58.6 Å². The first-order valence-electron chi connectivity index (χ1n) is 18.6. The van der Waals surface area contributed by atoms with Crippen molar-refractivity contribution < 1.29 is 23.9 Å². The van der Waals surface area contributed by atoms with Gasteiger partial charge in [-0.05, 0) is 67.2 Å². The van der Waals surface area contributed by atoms with E-state index in [2.05, 4.69) is 87.3 Å². The van der Waals surface area contributed by atoms with Crippen molar-refractivity contribution in [2.45, 2.75) is 98.4 Å². The van der Waals surface area contributed by atoms with Crippen LogP contribution in [0.2, 0.25) is 5.02 Å². The van der Waals surface area contributed by atoms with Gasteiger partial charge in [0.15, 0.2) is 0 Å². The Morgan fingerprint density at radius 1 is 1.04 bits per heavy atom. The third-order valence-corrected chi connectivity index (χ3v) is 11.5. The van der Waals surface area contributed by atoms with Crippen molar-refractivity contribution in [1.29, 1.82) is 5.26 Å². The average Bonchev–Trinajstić information content (AvgIpc) is 3.11. The fourth-order valence-corrected chi connectivity index (χ4v) is 8.33. The Hall–Kier alpha value is -4.66. The maximum Gasteiger partial charge on any atom is 0.251 e. The highest BCUT2D eigenvalue weighted by Crippen LogP contribution is 2.55. The number of nitrogens with one attached hydrogen (secondary N) is 4. The Balaban J connectivity index is 1.11. The van der Waals surface area contributed by atoms with Gasteiger partial charge in [0.2, 0.25) is 11.8 Å². The van der Waals surface area contributed by atoms with Crippen LogP contribution in [-0.2, 0) is 14.4 Å². The number of rotatable bonds is 11. The van der Waals surface area contributed by atoms with Crippen molar-refractivity contribution in [3.8, 4) is 11.8 Å². The van der Waals surface area contributed by atoms with Crippen LogP contribution in [0, 0.1) is 27.6 Å². The van der Waals surface area contributed by atoms with Crippen molar-refractivity contribution in [2.24, 2.45) is 16.2 Å². The number of amides is 4. The summed E-state index contributed by atoms with van der Waals surface area (Å²) < 4.78 is 6.37. The van der Waals surface area contributed by atoms with E-state index >= 15 is 0 Å². The fourth-order valence-electron chi connectivity index (χ4n) is 8.12. The highest BCUT2D eigenvalue weighted by Gasteiger charge is 2.64. The molecule has 288 valence electrons. The minimum Gasteiger partial charge on any atom is -0.489 e. The number of anilines is 1. The van der Waals surface area contributed by atoms with Crippen LogP contribution in [0.5, 0.6) is 5.75 Å². The summed E-state index contributed by atoms with van der Waals surface area (Å²) in [5, 5.41) is 21.5. The quantitative estimate of drug-likeness (QED) is 0.127. The Bertz CT molecular complexity index is 1850. The lowest BCUT2D eigenvalue weighted by Crippen LogP contribution is -2.74. The van der Waals surface area contributed by atoms with Crippen LogP contribution < -0.4 is 30.9 Å². The molecule has 0 spiro atoms. The van der Waals surface area contributed by atoms with E-state index in [1.165, 1.54) is 0 Å². The average molecular weight is 757 g/mol. The Morgan fingerprint density at radius 3 is 2.26 bits per heavy atom. The molecular formula is C42H53ClN6O5. The second-order valence-electron chi connectivity index (χ2n) is 16.9. The molecule has 2 aliphatic heterocycles. The normalized spacial score (nSPS) is 22.7. The summed E-state index contributed by atoms with van der Waals surface area (Å²) in [6.07, 6.45) is 3.93. The molecule has 0 bridgehead atoms. The van der Waals surface area contributed by atoms with Crippen LogP contribution in [0.15, 0.2) is 66.3 Å². The van der Waals surface area contributed by atoms with Gasteiger partial charge >= 0.3 is 0 Å². The van der Waals surface area contributed by atoms with Crippen LogP contribution in [-0.4, -0.2) is 67.5 Å². The summed E-state index contributed by atoms with van der Waals surface area (Å²) in [5.41, 5.74) is 2.41. The lowest BCUT2D eigenvalue weighted by molar-refractivity contribution is -0.164. The molecule has 11 nitrogen and oxygen atoms in total. The molecule has 2 heterocycles. The van der Waals surface area contributed by atoms with Gasteiger partial charge in [-0.3, -0.25) is 24.5 Å². The molecule has 3 fully saturated rings. The van der Waals surface area contributed by atoms with E-state index in [0.29, 0.717) is 34.5 Å². The molecule has 5 rings (SSSR count). The lowest BCUT2D eigenvalue weighted by atomic mass is 9.49. The second-order valence-corrected chi connectivity index (χ2v) is 17.3. The fraction of sp³-hybridized carbons (Fsp3) is 0.500. The lowest BCUT2D eigenvalue weighted by Gasteiger charge is -2.63. The number of piperidine rings is 2. The molecule has 4 amide bonds. The maximum atomic E-state index is 13.5. The van der Waals surface area contributed by atoms with Gasteiger partial charge in [-0.25, -0.2) is 0 Å². The standard InChI is InChI=1S/C42H53ClN6O5/c1-25(35(51)46-33-15-16-34(50)47-37(33)53)21-28(40(2,3)4)24-45-29-17-19-49(20-18-29)30-12-9-26(10-13-30)36(52)48-38-41(5,6)39(42(38,7)8)54-31-14-11-27(23-44)32(43)22-31/h9-14,21-22,29,33,38-39,45H,1,15-20,24H2,2-8H3,(H,46,51)(H,48,52)(H,47,50,53)/b28-21-. The first kappa shape index (κ1) is 40.5. The van der Waals surface area contributed by atoms with E-state index < -0.39 is 17.9 Å². The molecule has 1 atom stereocenters. The number of ether oxygens (including phenoxy) is 1. The van der Waals surface area contributed by atoms with E-state index in [9.17, 15) is 24.4 Å². The smallest absolute Gasteiger partial charge is 0.251 e. The topological polar surface area (TPSA) is 153 Å². The van der Waals surface area contributed by atoms with Crippen LogP contribution in [0.3, 0.4) is 0 Å². The number of nitriles is 1. The summed E-state index contributed by atoms with van der Waals surface area (Å²) in [4.78, 5) is 52.2. The van der Waals surface area contributed by atoms with Gasteiger partial charge in [0.05, 0.1) is 10.6 Å². The van der Waals surface area contributed by atoms with Gasteiger partial charge in [-0.15, -0.1) is 0 Å². The number of imide groups is 1. The molecule has 4 N–H and O–H groups in total. The summed E-state index contributed by atoms with van der Waals surface area (Å²) >= 11 is 6.24. The van der Waals surface area contributed by atoms with E-state index in [0.717, 1.165) is 37.2 Å². The number of hydrogen-bond donors (Lipinski definition) is 4. The maximum absolute atomic E-state index is 13.5. The molecule has 2 aromatic rings. The third kappa shape index (κ3) is 8.99. The van der Waals surface area contributed by atoms with Gasteiger partial charge in [0.25, 0.3) is 11.8 Å². The zero-order valence-electron chi connectivity index (χ0n) is 32.4. The Morgan fingerprint density at radius 2 is 1.69 bits per heavy atom. The van der Waals surface area contributed by atoms with Crippen LogP contribution in [0.25, 0.3) is 0 Å². The molecule has 1 aliphatic carbocycles. The summed E-state index contributed by atoms with van der Waals surface area (Å²) in [6, 6.07) is 14.3. The number of carbonyl (C=O) groups is 4. The zero-order chi connectivity index (χ0) is 39.6. The molecule has 54 heavy (non-hydrogen) atoms. The molecule has 0 radical (unpaired) electrons. The van der Waals surface area contributed by atoms with Crippen molar-refractivity contribution in [3.05, 3.63) is 82.4 Å². The van der Waals surface area contributed by atoms with Crippen LogP contribution >= 0.6 is 11.6 Å². The van der Waals surface area contributed by atoms with Gasteiger partial charge in [0.1, 0.15) is 24.0 Å². The summed E-state index contributed by atoms with van der Waals surface area (Å²) in [6.45, 7) is 20.9. The van der Waals surface area contributed by atoms with Crippen LogP contribution in [0.1, 0.15) is 90.1 Å². The highest BCUT2D eigenvalue weighted by molar-refractivity contribution is 6.31.